The van der Waals surface area contributed by atoms with Crippen molar-refractivity contribution in [2.24, 2.45) is 5.73 Å². The molecule has 94 valence electrons. The molecule has 0 atom stereocenters. The molecule has 0 aliphatic rings. The fourth-order valence-electron chi connectivity index (χ4n) is 1.63. The minimum absolute atomic E-state index is 0.872. The van der Waals surface area contributed by atoms with Crippen LogP contribution in [0.4, 0.5) is 0 Å². The maximum atomic E-state index is 5.42. The molecule has 2 N–H and O–H groups in total. The summed E-state index contributed by atoms with van der Waals surface area (Å²) in [5.41, 5.74) is 5.42. The Kier molecular flexibility index (Phi) is 22.6. The van der Waals surface area contributed by atoms with Crippen LogP contribution in [-0.2, 0) is 0 Å². The molecule has 0 unspecified atom stereocenters. The first-order valence-corrected chi connectivity index (χ1v) is 7.12. The normalized spacial score (nSPS) is 9.60. The summed E-state index contributed by atoms with van der Waals surface area (Å²) in [4.78, 5) is 0. The molecule has 15 heavy (non-hydrogen) atoms. The van der Waals surface area contributed by atoms with Gasteiger partial charge in [0.2, 0.25) is 0 Å². The van der Waals surface area contributed by atoms with Gasteiger partial charge in [-0.15, -0.1) is 0 Å². The summed E-state index contributed by atoms with van der Waals surface area (Å²) >= 11 is 0. The Morgan fingerprint density at radius 2 is 0.933 bits per heavy atom. The van der Waals surface area contributed by atoms with Crippen LogP contribution in [0.15, 0.2) is 0 Å². The second kappa shape index (κ2) is 19.5. The molecule has 0 aromatic rings. The van der Waals surface area contributed by atoms with Gasteiger partial charge in [-0.1, -0.05) is 78.6 Å². The predicted octanol–water partition coefficient (Wildman–Crippen LogP) is 4.89. The van der Waals surface area contributed by atoms with Crippen LogP contribution < -0.4 is 5.73 Å². The molecule has 0 saturated heterocycles. The zero-order chi connectivity index (χ0) is 11.8. The van der Waals surface area contributed by atoms with Crippen molar-refractivity contribution < 1.29 is 0 Å². The monoisotopic (exact) mass is 215 g/mol. The van der Waals surface area contributed by atoms with Gasteiger partial charge >= 0.3 is 0 Å². The zero-order valence-electron chi connectivity index (χ0n) is 11.4. The van der Waals surface area contributed by atoms with E-state index in [-0.39, 0.29) is 0 Å². The lowest BCUT2D eigenvalue weighted by molar-refractivity contribution is 0.558. The molecule has 0 radical (unpaired) electrons. The van der Waals surface area contributed by atoms with E-state index in [4.69, 9.17) is 5.73 Å². The van der Waals surface area contributed by atoms with E-state index in [1.165, 1.54) is 64.2 Å². The van der Waals surface area contributed by atoms with Crippen molar-refractivity contribution in [3.63, 3.8) is 0 Å². The fraction of sp³-hybridized carbons (Fsp3) is 1.00. The SMILES string of the molecule is CC.CCCCCCCCCCCCN. The van der Waals surface area contributed by atoms with Crippen LogP contribution in [0.2, 0.25) is 0 Å². The molecule has 0 aromatic carbocycles. The maximum Gasteiger partial charge on any atom is -0.00773 e. The van der Waals surface area contributed by atoms with E-state index in [0.29, 0.717) is 0 Å². The Bertz CT molecular complexity index is 71.4. The number of hydrogen-bond acceptors (Lipinski definition) is 1. The summed E-state index contributed by atoms with van der Waals surface area (Å²) in [5.74, 6) is 0. The van der Waals surface area contributed by atoms with Crippen LogP contribution in [0.5, 0.6) is 0 Å². The molecule has 0 amide bonds. The van der Waals surface area contributed by atoms with Gasteiger partial charge in [0.15, 0.2) is 0 Å². The van der Waals surface area contributed by atoms with Crippen molar-refractivity contribution in [3.05, 3.63) is 0 Å². The summed E-state index contributed by atoms with van der Waals surface area (Å²) in [6.07, 6.45) is 13.9. The summed E-state index contributed by atoms with van der Waals surface area (Å²) < 4.78 is 0. The Morgan fingerprint density at radius 3 is 1.27 bits per heavy atom. The molecular weight excluding hydrogens is 182 g/mol. The molecule has 0 aliphatic carbocycles. The molecule has 0 fully saturated rings. The Balaban J connectivity index is 0. The van der Waals surface area contributed by atoms with Gasteiger partial charge in [0.05, 0.1) is 0 Å². The molecule has 1 heteroatoms. The van der Waals surface area contributed by atoms with Crippen LogP contribution in [0.1, 0.15) is 85.0 Å². The van der Waals surface area contributed by atoms with Crippen molar-refractivity contribution in [1.29, 1.82) is 0 Å². The summed E-state index contributed by atoms with van der Waals surface area (Å²) in [6, 6.07) is 0. The van der Waals surface area contributed by atoms with Crippen LogP contribution in [0, 0.1) is 0 Å². The molecule has 0 rings (SSSR count). The fourth-order valence-corrected chi connectivity index (χ4v) is 1.63. The Hall–Kier alpha value is -0.0400. The van der Waals surface area contributed by atoms with Crippen molar-refractivity contribution >= 4 is 0 Å². The second-order valence-electron chi connectivity index (χ2n) is 3.97. The van der Waals surface area contributed by atoms with Crippen molar-refractivity contribution in [2.45, 2.75) is 85.0 Å². The lowest BCUT2D eigenvalue weighted by Gasteiger charge is -2.00. The van der Waals surface area contributed by atoms with Gasteiger partial charge in [0, 0.05) is 0 Å². The first-order valence-electron chi connectivity index (χ1n) is 7.12. The molecule has 0 aliphatic heterocycles. The predicted molar refractivity (Wildman–Crippen MR) is 72.2 cm³/mol. The third kappa shape index (κ3) is 20.1. The number of unbranched alkanes of at least 4 members (excludes halogenated alkanes) is 9. The van der Waals surface area contributed by atoms with Gasteiger partial charge in [-0.05, 0) is 13.0 Å². The number of nitrogens with two attached hydrogens (primary N) is 1. The van der Waals surface area contributed by atoms with Gasteiger partial charge in [-0.3, -0.25) is 0 Å². The Morgan fingerprint density at radius 1 is 0.600 bits per heavy atom. The number of rotatable bonds is 10. The van der Waals surface area contributed by atoms with Crippen LogP contribution >= 0.6 is 0 Å². The van der Waals surface area contributed by atoms with E-state index in [1.807, 2.05) is 13.8 Å². The molecule has 0 spiro atoms. The van der Waals surface area contributed by atoms with E-state index in [1.54, 1.807) is 0 Å². The highest BCUT2D eigenvalue weighted by molar-refractivity contribution is 4.47. The second-order valence-corrected chi connectivity index (χ2v) is 3.97. The quantitative estimate of drug-likeness (QED) is 0.516. The lowest BCUT2D eigenvalue weighted by Crippen LogP contribution is -1.97. The van der Waals surface area contributed by atoms with Gasteiger partial charge in [0.25, 0.3) is 0 Å². The highest BCUT2D eigenvalue weighted by Gasteiger charge is 1.90. The van der Waals surface area contributed by atoms with Gasteiger partial charge in [-0.2, -0.15) is 0 Å². The minimum atomic E-state index is 0.872. The lowest BCUT2D eigenvalue weighted by atomic mass is 10.1. The summed E-state index contributed by atoms with van der Waals surface area (Å²) in [6.45, 7) is 7.14. The third-order valence-corrected chi connectivity index (χ3v) is 2.56. The minimum Gasteiger partial charge on any atom is -0.330 e. The molecular formula is C14H33N. The average molecular weight is 215 g/mol. The third-order valence-electron chi connectivity index (χ3n) is 2.56. The smallest absolute Gasteiger partial charge is 0.00773 e. The van der Waals surface area contributed by atoms with Crippen molar-refractivity contribution in [3.8, 4) is 0 Å². The number of hydrogen-bond donors (Lipinski definition) is 1. The van der Waals surface area contributed by atoms with E-state index in [2.05, 4.69) is 6.92 Å². The molecule has 1 nitrogen and oxygen atoms in total. The molecule has 0 saturated carbocycles. The maximum absolute atomic E-state index is 5.42. The van der Waals surface area contributed by atoms with E-state index >= 15 is 0 Å². The molecule has 0 bridgehead atoms. The van der Waals surface area contributed by atoms with Crippen LogP contribution in [-0.4, -0.2) is 6.54 Å². The van der Waals surface area contributed by atoms with Crippen LogP contribution in [0.3, 0.4) is 0 Å². The van der Waals surface area contributed by atoms with Gasteiger partial charge in [0.1, 0.15) is 0 Å². The summed E-state index contributed by atoms with van der Waals surface area (Å²) in [7, 11) is 0. The van der Waals surface area contributed by atoms with Gasteiger partial charge < -0.3 is 5.73 Å². The molecule has 0 heterocycles. The van der Waals surface area contributed by atoms with E-state index in [9.17, 15) is 0 Å². The van der Waals surface area contributed by atoms with E-state index < -0.39 is 0 Å². The highest BCUT2D eigenvalue weighted by atomic mass is 14.5. The highest BCUT2D eigenvalue weighted by Crippen LogP contribution is 2.09. The standard InChI is InChI=1S/C12H27N.C2H6/c1-2-3-4-5-6-7-8-9-10-11-12-13;1-2/h2-13H2,1H3;1-2H3. The first-order chi connectivity index (χ1) is 7.41. The van der Waals surface area contributed by atoms with Gasteiger partial charge in [-0.25, -0.2) is 0 Å². The zero-order valence-corrected chi connectivity index (χ0v) is 11.4. The Labute approximate surface area is 97.8 Å². The summed E-state index contributed by atoms with van der Waals surface area (Å²) in [5, 5.41) is 0. The van der Waals surface area contributed by atoms with Crippen molar-refractivity contribution in [2.75, 3.05) is 6.54 Å². The average Bonchev–Trinajstić information content (AvgIpc) is 2.30. The topological polar surface area (TPSA) is 26.0 Å². The largest absolute Gasteiger partial charge is 0.330 e. The van der Waals surface area contributed by atoms with E-state index in [0.717, 1.165) is 6.54 Å². The molecule has 0 aromatic heterocycles. The van der Waals surface area contributed by atoms with Crippen molar-refractivity contribution in [1.82, 2.24) is 0 Å². The first kappa shape index (κ1) is 17.4. The van der Waals surface area contributed by atoms with Crippen LogP contribution in [0.25, 0.3) is 0 Å².